The largest absolute Gasteiger partial charge is 0.504 e. The van der Waals surface area contributed by atoms with Gasteiger partial charge in [0.05, 0.1) is 44.7 Å². The highest BCUT2D eigenvalue weighted by Crippen LogP contribution is 2.48. The molecule has 2 aliphatic heterocycles. The molecule has 0 unspecified atom stereocenters. The number of piperidine rings is 1. The first-order chi connectivity index (χ1) is 19.2. The monoisotopic (exact) mass is 556 g/mol. The predicted octanol–water partition coefficient (Wildman–Crippen LogP) is 2.45. The molecule has 1 saturated heterocycles. The smallest absolute Gasteiger partial charge is 0.351 e. The van der Waals surface area contributed by atoms with E-state index in [1.54, 1.807) is 11.7 Å². The number of hydroxylamine groups is 1. The first-order valence-corrected chi connectivity index (χ1v) is 13.2. The van der Waals surface area contributed by atoms with E-state index in [4.69, 9.17) is 14.2 Å². The van der Waals surface area contributed by atoms with Crippen LogP contribution in [0.1, 0.15) is 44.0 Å². The van der Waals surface area contributed by atoms with Crippen LogP contribution in [0.3, 0.4) is 0 Å². The summed E-state index contributed by atoms with van der Waals surface area (Å²) >= 11 is 0. The van der Waals surface area contributed by atoms with Gasteiger partial charge in [-0.2, -0.15) is 5.48 Å². The van der Waals surface area contributed by atoms with Crippen molar-refractivity contribution in [3.8, 4) is 5.75 Å². The van der Waals surface area contributed by atoms with Gasteiger partial charge in [0.2, 0.25) is 5.91 Å². The second kappa shape index (κ2) is 12.4. The predicted molar refractivity (Wildman–Crippen MR) is 144 cm³/mol. The van der Waals surface area contributed by atoms with Crippen LogP contribution in [-0.4, -0.2) is 74.3 Å². The number of ether oxygens (including phenoxy) is 3. The van der Waals surface area contributed by atoms with Crippen molar-refractivity contribution >= 4 is 34.8 Å². The van der Waals surface area contributed by atoms with E-state index in [9.17, 15) is 19.2 Å². The lowest BCUT2D eigenvalue weighted by Crippen LogP contribution is -2.48. The van der Waals surface area contributed by atoms with Gasteiger partial charge in [-0.25, -0.2) is 14.4 Å². The van der Waals surface area contributed by atoms with Gasteiger partial charge in [0.15, 0.2) is 0 Å². The third-order valence-corrected chi connectivity index (χ3v) is 7.72. The van der Waals surface area contributed by atoms with Crippen molar-refractivity contribution in [3.63, 3.8) is 0 Å². The first kappa shape index (κ1) is 28.9. The van der Waals surface area contributed by atoms with Gasteiger partial charge in [0.25, 0.3) is 0 Å². The Balaban J connectivity index is 1.78. The van der Waals surface area contributed by atoms with E-state index in [1.807, 2.05) is 23.7 Å². The van der Waals surface area contributed by atoms with Gasteiger partial charge in [0, 0.05) is 31.1 Å². The second-order valence-electron chi connectivity index (χ2n) is 9.92. The fraction of sp³-hybridized carbons (Fsp3) is 0.500. The van der Waals surface area contributed by atoms with Gasteiger partial charge >= 0.3 is 18.0 Å². The van der Waals surface area contributed by atoms with Crippen molar-refractivity contribution in [2.75, 3.05) is 41.0 Å². The van der Waals surface area contributed by atoms with E-state index in [0.717, 1.165) is 36.2 Å². The number of esters is 1. The summed E-state index contributed by atoms with van der Waals surface area (Å²) in [6.45, 7) is 4.37. The van der Waals surface area contributed by atoms with Gasteiger partial charge in [-0.15, -0.1) is 0 Å². The summed E-state index contributed by atoms with van der Waals surface area (Å²) < 4.78 is 17.6. The number of rotatable bonds is 7. The van der Waals surface area contributed by atoms with E-state index < -0.39 is 30.4 Å². The number of hydrogen-bond acceptors (Lipinski definition) is 9. The summed E-state index contributed by atoms with van der Waals surface area (Å²) in [6, 6.07) is 4.80. The zero-order valence-electron chi connectivity index (χ0n) is 23.4. The molecule has 0 bridgehead atoms. The number of carbonyl (C=O) groups is 4. The number of fused-ring (bicyclic) bond motifs is 5. The van der Waals surface area contributed by atoms with Crippen molar-refractivity contribution in [1.82, 2.24) is 20.3 Å². The summed E-state index contributed by atoms with van der Waals surface area (Å²) in [4.78, 5) is 56.6. The molecule has 2 aromatic rings. The third-order valence-electron chi connectivity index (χ3n) is 7.72. The minimum absolute atomic E-state index is 0.159. The molecule has 12 nitrogen and oxygen atoms in total. The maximum Gasteiger partial charge on any atom is 0.351 e. The van der Waals surface area contributed by atoms with Crippen molar-refractivity contribution < 1.29 is 38.2 Å². The fourth-order valence-electron chi connectivity index (χ4n) is 6.04. The molecule has 1 aromatic carbocycles. The van der Waals surface area contributed by atoms with Crippen molar-refractivity contribution in [1.29, 1.82) is 0 Å². The zero-order valence-corrected chi connectivity index (χ0v) is 23.4. The topological polar surface area (TPSA) is 137 Å². The van der Waals surface area contributed by atoms with Crippen LogP contribution in [0.5, 0.6) is 5.75 Å². The highest BCUT2D eigenvalue weighted by molar-refractivity contribution is 5.99. The fourth-order valence-corrected chi connectivity index (χ4v) is 6.04. The van der Waals surface area contributed by atoms with Crippen molar-refractivity contribution in [3.05, 3.63) is 41.3 Å². The average molecular weight is 557 g/mol. The molecule has 0 spiro atoms. The van der Waals surface area contributed by atoms with Crippen LogP contribution < -0.4 is 15.5 Å². The quantitative estimate of drug-likeness (QED) is 0.228. The Morgan fingerprint density at radius 1 is 1.15 bits per heavy atom. The first-order valence-electron chi connectivity index (χ1n) is 13.2. The number of nitrogens with zero attached hydrogens (tertiary/aromatic N) is 2. The normalized spacial score (nSPS) is 20.6. The molecule has 216 valence electrons. The molecule has 0 radical (unpaired) electrons. The van der Waals surface area contributed by atoms with Gasteiger partial charge in [-0.3, -0.25) is 14.3 Å². The standard InChI is InChI=1S/C28H36N4O8/c1-6-17-14-31-11-10-18-25-21(8-7-9-23(25)38-4)32(28(36)29-13-24(34)40-30-16(2)33)26(18)22(31)12-19(17)20(15-37-3)27(35)39-5/h7-9,15,17,19,22H,6,10-14H2,1-5H3,(H,29,36)(H,30,33)/b20-15+/t17-,19+,22+/m1/s1. The van der Waals surface area contributed by atoms with E-state index in [1.165, 1.54) is 27.4 Å². The van der Waals surface area contributed by atoms with Crippen LogP contribution in [0.15, 0.2) is 30.0 Å². The van der Waals surface area contributed by atoms with Gasteiger partial charge < -0.3 is 24.4 Å². The number of carbonyl (C=O) groups excluding carboxylic acids is 4. The summed E-state index contributed by atoms with van der Waals surface area (Å²) in [7, 11) is 4.45. The molecular weight excluding hydrogens is 520 g/mol. The minimum Gasteiger partial charge on any atom is -0.504 e. The highest BCUT2D eigenvalue weighted by atomic mass is 16.7. The molecule has 2 amide bonds. The molecule has 0 saturated carbocycles. The third kappa shape index (κ3) is 5.48. The molecule has 2 aliphatic rings. The van der Waals surface area contributed by atoms with Crippen LogP contribution in [-0.2, 0) is 35.1 Å². The molecule has 3 atom stereocenters. The zero-order chi connectivity index (χ0) is 29.0. The van der Waals surface area contributed by atoms with Crippen molar-refractivity contribution in [2.45, 2.75) is 39.2 Å². The molecule has 0 aliphatic carbocycles. The summed E-state index contributed by atoms with van der Waals surface area (Å²) in [5.74, 6) is -1.12. The number of benzene rings is 1. The molecular formula is C28H36N4O8. The Morgan fingerprint density at radius 3 is 2.58 bits per heavy atom. The number of hydrogen-bond donors (Lipinski definition) is 2. The Morgan fingerprint density at radius 2 is 1.93 bits per heavy atom. The Hall–Kier alpha value is -4.06. The second-order valence-corrected chi connectivity index (χ2v) is 9.92. The Kier molecular flexibility index (Phi) is 8.98. The maximum atomic E-state index is 13.7. The summed E-state index contributed by atoms with van der Waals surface area (Å²) in [5, 5.41) is 3.46. The Labute approximate surface area is 232 Å². The van der Waals surface area contributed by atoms with Crippen molar-refractivity contribution in [2.24, 2.45) is 11.8 Å². The van der Waals surface area contributed by atoms with Gasteiger partial charge in [0.1, 0.15) is 12.3 Å². The van der Waals surface area contributed by atoms with Gasteiger partial charge in [-0.05, 0) is 42.4 Å². The number of amides is 2. The maximum absolute atomic E-state index is 13.7. The average Bonchev–Trinajstić information content (AvgIpc) is 3.31. The van der Waals surface area contributed by atoms with E-state index in [0.29, 0.717) is 29.7 Å². The molecule has 2 N–H and O–H groups in total. The number of aromatic nitrogens is 1. The van der Waals surface area contributed by atoms with E-state index in [-0.39, 0.29) is 17.9 Å². The van der Waals surface area contributed by atoms with E-state index in [2.05, 4.69) is 22.0 Å². The molecule has 1 aromatic heterocycles. The molecule has 4 rings (SSSR count). The SMILES string of the molecule is CC[C@@H]1CN2CCc3c(n(C(=O)NCC(=O)ONC(C)=O)c4cccc(OC)c34)[C@@H]2C[C@@H]1/C(=C\OC)C(=O)OC. The van der Waals surface area contributed by atoms with Crippen LogP contribution in [0.4, 0.5) is 4.79 Å². The van der Waals surface area contributed by atoms with Crippen LogP contribution in [0.2, 0.25) is 0 Å². The lowest BCUT2D eigenvalue weighted by Gasteiger charge is -2.46. The minimum atomic E-state index is -0.816. The Bertz CT molecular complexity index is 1330. The molecule has 1 fully saturated rings. The highest BCUT2D eigenvalue weighted by Gasteiger charge is 2.44. The molecule has 3 heterocycles. The van der Waals surface area contributed by atoms with Crippen LogP contribution in [0.25, 0.3) is 10.9 Å². The van der Waals surface area contributed by atoms with Crippen LogP contribution >= 0.6 is 0 Å². The number of methoxy groups -OCH3 is 3. The molecule has 40 heavy (non-hydrogen) atoms. The van der Waals surface area contributed by atoms with Gasteiger partial charge in [-0.1, -0.05) is 19.4 Å². The lowest BCUT2D eigenvalue weighted by molar-refractivity contribution is -0.156. The van der Waals surface area contributed by atoms with Crippen LogP contribution in [0, 0.1) is 11.8 Å². The summed E-state index contributed by atoms with van der Waals surface area (Å²) in [5.41, 5.74) is 4.86. The van der Waals surface area contributed by atoms with E-state index >= 15 is 0 Å². The summed E-state index contributed by atoms with van der Waals surface area (Å²) in [6.07, 6.45) is 3.58. The lowest BCUT2D eigenvalue weighted by atomic mass is 9.74. The number of nitrogens with one attached hydrogen (secondary N) is 2. The molecule has 12 heteroatoms.